The molecular weight excluding hydrogens is 477 g/mol. The van der Waals surface area contributed by atoms with Crippen molar-refractivity contribution >= 4 is 51.6 Å². The Morgan fingerprint density at radius 2 is 2.00 bits per heavy atom. The highest BCUT2D eigenvalue weighted by atomic mass is 127. The van der Waals surface area contributed by atoms with E-state index in [0.717, 1.165) is 33.7 Å². The van der Waals surface area contributed by atoms with Gasteiger partial charge in [-0.15, -0.1) is 0 Å². The second kappa shape index (κ2) is 9.32. The molecule has 1 saturated heterocycles. The highest BCUT2D eigenvalue weighted by Crippen LogP contribution is 2.38. The molecule has 2 fully saturated rings. The first-order chi connectivity index (χ1) is 13.0. The maximum Gasteiger partial charge on any atom is 0.293 e. The standard InChI is InChI=1S/C20H24INO4S/c1-3-26-18-15(21)9-14(10-16(18)25-2)11-17-19(23)22(20(24)27-17)12-13-7-5-4-6-8-13/h9-11,13H,3-8,12H2,1-2H3/b17-11-. The third kappa shape index (κ3) is 4.80. The average Bonchev–Trinajstić information content (AvgIpc) is 2.92. The number of nitrogens with zero attached hydrogens (tertiary/aromatic N) is 1. The summed E-state index contributed by atoms with van der Waals surface area (Å²) in [6.07, 6.45) is 7.63. The van der Waals surface area contributed by atoms with Gasteiger partial charge in [-0.1, -0.05) is 19.3 Å². The highest BCUT2D eigenvalue weighted by molar-refractivity contribution is 14.1. The molecule has 0 radical (unpaired) electrons. The second-order valence-electron chi connectivity index (χ2n) is 6.76. The fourth-order valence-corrected chi connectivity index (χ4v) is 5.17. The molecule has 1 heterocycles. The summed E-state index contributed by atoms with van der Waals surface area (Å²) in [5, 5.41) is -0.163. The van der Waals surface area contributed by atoms with Crippen LogP contribution in [0, 0.1) is 9.49 Å². The minimum absolute atomic E-state index is 0.163. The molecule has 1 aromatic rings. The molecule has 0 aromatic heterocycles. The summed E-state index contributed by atoms with van der Waals surface area (Å²) in [5.41, 5.74) is 0.822. The number of hydrogen-bond donors (Lipinski definition) is 0. The molecule has 1 saturated carbocycles. The SMILES string of the molecule is CCOc1c(I)cc(/C=C2\SC(=O)N(CC3CCCCC3)C2=O)cc1OC. The number of rotatable bonds is 6. The van der Waals surface area contributed by atoms with E-state index in [0.29, 0.717) is 35.5 Å². The van der Waals surface area contributed by atoms with E-state index in [4.69, 9.17) is 9.47 Å². The van der Waals surface area contributed by atoms with E-state index >= 15 is 0 Å². The molecule has 1 aliphatic heterocycles. The zero-order valence-electron chi connectivity index (χ0n) is 15.6. The summed E-state index contributed by atoms with van der Waals surface area (Å²) in [4.78, 5) is 27.0. The van der Waals surface area contributed by atoms with Crippen molar-refractivity contribution in [2.45, 2.75) is 39.0 Å². The van der Waals surface area contributed by atoms with Crippen LogP contribution in [0.1, 0.15) is 44.6 Å². The Morgan fingerprint density at radius 1 is 1.26 bits per heavy atom. The van der Waals surface area contributed by atoms with Crippen LogP contribution >= 0.6 is 34.4 Å². The monoisotopic (exact) mass is 501 g/mol. The van der Waals surface area contributed by atoms with E-state index in [2.05, 4.69) is 22.6 Å². The van der Waals surface area contributed by atoms with Gasteiger partial charge < -0.3 is 9.47 Å². The molecule has 0 spiro atoms. The van der Waals surface area contributed by atoms with Crippen molar-refractivity contribution in [2.24, 2.45) is 5.92 Å². The largest absolute Gasteiger partial charge is 0.493 e. The predicted molar refractivity (Wildman–Crippen MR) is 116 cm³/mol. The van der Waals surface area contributed by atoms with Crippen LogP contribution in [0.3, 0.4) is 0 Å². The van der Waals surface area contributed by atoms with Crippen LogP contribution < -0.4 is 9.47 Å². The smallest absolute Gasteiger partial charge is 0.293 e. The van der Waals surface area contributed by atoms with E-state index in [1.165, 1.54) is 24.2 Å². The minimum Gasteiger partial charge on any atom is -0.493 e. The molecule has 27 heavy (non-hydrogen) atoms. The molecule has 5 nitrogen and oxygen atoms in total. The van der Waals surface area contributed by atoms with Crippen molar-refractivity contribution in [3.05, 3.63) is 26.2 Å². The number of benzene rings is 1. The minimum atomic E-state index is -0.182. The van der Waals surface area contributed by atoms with Gasteiger partial charge in [-0.2, -0.15) is 0 Å². The topological polar surface area (TPSA) is 55.8 Å². The zero-order chi connectivity index (χ0) is 19.4. The Balaban J connectivity index is 1.79. The Kier molecular flexibility index (Phi) is 7.08. The lowest BCUT2D eigenvalue weighted by atomic mass is 9.89. The number of carbonyl (C=O) groups is 2. The van der Waals surface area contributed by atoms with Crippen LogP contribution in [0.4, 0.5) is 4.79 Å². The molecule has 0 unspecified atom stereocenters. The van der Waals surface area contributed by atoms with E-state index in [9.17, 15) is 9.59 Å². The predicted octanol–water partition coefficient (Wildman–Crippen LogP) is 5.32. The van der Waals surface area contributed by atoms with Gasteiger partial charge in [-0.05, 0) is 83.8 Å². The molecule has 3 rings (SSSR count). The van der Waals surface area contributed by atoms with Gasteiger partial charge in [-0.3, -0.25) is 14.5 Å². The molecule has 1 aliphatic carbocycles. The number of halogens is 1. The van der Waals surface area contributed by atoms with Gasteiger partial charge in [0.15, 0.2) is 11.5 Å². The first-order valence-electron chi connectivity index (χ1n) is 9.29. The normalized spacial score (nSPS) is 19.8. The van der Waals surface area contributed by atoms with E-state index in [-0.39, 0.29) is 11.1 Å². The zero-order valence-corrected chi connectivity index (χ0v) is 18.6. The summed E-state index contributed by atoms with van der Waals surface area (Å²) in [7, 11) is 1.59. The Morgan fingerprint density at radius 3 is 2.67 bits per heavy atom. The lowest BCUT2D eigenvalue weighted by Crippen LogP contribution is -2.34. The Bertz CT molecular complexity index is 759. The average molecular weight is 501 g/mol. The Hall–Kier alpha value is -1.22. The Labute approximate surface area is 178 Å². The molecule has 1 aromatic carbocycles. The van der Waals surface area contributed by atoms with Gasteiger partial charge in [0, 0.05) is 6.54 Å². The number of methoxy groups -OCH3 is 1. The van der Waals surface area contributed by atoms with Crippen molar-refractivity contribution in [2.75, 3.05) is 20.3 Å². The van der Waals surface area contributed by atoms with Crippen LogP contribution in [0.15, 0.2) is 17.0 Å². The van der Waals surface area contributed by atoms with Crippen molar-refractivity contribution < 1.29 is 19.1 Å². The van der Waals surface area contributed by atoms with Crippen molar-refractivity contribution in [1.29, 1.82) is 0 Å². The van der Waals surface area contributed by atoms with Crippen LogP contribution in [0.2, 0.25) is 0 Å². The molecule has 146 valence electrons. The molecular formula is C20H24INO4S. The number of amides is 2. The summed E-state index contributed by atoms with van der Waals surface area (Å²) in [5.74, 6) is 1.58. The molecule has 0 N–H and O–H groups in total. The molecule has 2 aliphatic rings. The number of hydrogen-bond acceptors (Lipinski definition) is 5. The van der Waals surface area contributed by atoms with Gasteiger partial charge in [0.1, 0.15) is 0 Å². The van der Waals surface area contributed by atoms with E-state index < -0.39 is 0 Å². The first kappa shape index (κ1) is 20.5. The maximum absolute atomic E-state index is 12.8. The van der Waals surface area contributed by atoms with E-state index in [1.807, 2.05) is 19.1 Å². The molecule has 0 atom stereocenters. The van der Waals surface area contributed by atoms with Crippen molar-refractivity contribution in [3.63, 3.8) is 0 Å². The lowest BCUT2D eigenvalue weighted by molar-refractivity contribution is -0.123. The summed E-state index contributed by atoms with van der Waals surface area (Å²) < 4.78 is 12.0. The number of carbonyl (C=O) groups excluding carboxylic acids is 2. The summed E-state index contributed by atoms with van der Waals surface area (Å²) >= 11 is 3.21. The maximum atomic E-state index is 12.8. The van der Waals surface area contributed by atoms with E-state index in [1.54, 1.807) is 13.2 Å². The third-order valence-electron chi connectivity index (χ3n) is 4.88. The molecule has 2 amide bonds. The van der Waals surface area contributed by atoms with Crippen LogP contribution in [0.25, 0.3) is 6.08 Å². The van der Waals surface area contributed by atoms with Crippen LogP contribution in [-0.4, -0.2) is 36.3 Å². The molecule has 7 heteroatoms. The third-order valence-corrected chi connectivity index (χ3v) is 6.59. The quantitative estimate of drug-likeness (QED) is 0.391. The molecule has 0 bridgehead atoms. The fourth-order valence-electron chi connectivity index (χ4n) is 3.54. The fraction of sp³-hybridized carbons (Fsp3) is 0.500. The van der Waals surface area contributed by atoms with Gasteiger partial charge in [-0.25, -0.2) is 0 Å². The van der Waals surface area contributed by atoms with Crippen molar-refractivity contribution in [1.82, 2.24) is 4.90 Å². The van der Waals surface area contributed by atoms with Gasteiger partial charge in [0.05, 0.1) is 22.2 Å². The number of thioether (sulfide) groups is 1. The van der Waals surface area contributed by atoms with Crippen molar-refractivity contribution in [3.8, 4) is 11.5 Å². The number of imide groups is 1. The summed E-state index contributed by atoms with van der Waals surface area (Å²) in [6.45, 7) is 3.02. The summed E-state index contributed by atoms with van der Waals surface area (Å²) in [6, 6.07) is 3.77. The van der Waals surface area contributed by atoms with Crippen LogP contribution in [0.5, 0.6) is 11.5 Å². The van der Waals surface area contributed by atoms with Gasteiger partial charge in [0.25, 0.3) is 11.1 Å². The van der Waals surface area contributed by atoms with Crippen LogP contribution in [-0.2, 0) is 4.79 Å². The van der Waals surface area contributed by atoms with Gasteiger partial charge in [0.2, 0.25) is 0 Å². The second-order valence-corrected chi connectivity index (χ2v) is 8.92. The number of ether oxygens (including phenoxy) is 2. The lowest BCUT2D eigenvalue weighted by Gasteiger charge is -2.25. The highest BCUT2D eigenvalue weighted by Gasteiger charge is 2.36. The van der Waals surface area contributed by atoms with Gasteiger partial charge >= 0.3 is 0 Å². The first-order valence-corrected chi connectivity index (χ1v) is 11.2.